The average molecular weight is 340 g/mol. The predicted molar refractivity (Wildman–Crippen MR) is 82.6 cm³/mol. The number of H-pyrrole nitrogens is 1. The molecule has 1 aliphatic heterocycles. The zero-order valence-corrected chi connectivity index (χ0v) is 13.4. The van der Waals surface area contributed by atoms with E-state index in [2.05, 4.69) is 9.97 Å². The van der Waals surface area contributed by atoms with Crippen LogP contribution >= 0.6 is 0 Å². The molecule has 2 heterocycles. The van der Waals surface area contributed by atoms with Crippen molar-refractivity contribution in [3.8, 4) is 0 Å². The third kappa shape index (κ3) is 3.57. The zero-order chi connectivity index (χ0) is 17.3. The third-order valence-electron chi connectivity index (χ3n) is 5.04. The first kappa shape index (κ1) is 16.9. The molecule has 1 atom stereocenters. The molecule has 2 amide bonds. The second-order valence-corrected chi connectivity index (χ2v) is 6.80. The SMILES string of the molecule is NC(=O)c1cnc(C2CCN(C(=O)C3CCCC(F)(F)C3)CC2)[nH]1. The molecule has 1 aliphatic carbocycles. The summed E-state index contributed by atoms with van der Waals surface area (Å²) in [5, 5.41) is 0. The van der Waals surface area contributed by atoms with Gasteiger partial charge in [0.2, 0.25) is 11.8 Å². The summed E-state index contributed by atoms with van der Waals surface area (Å²) < 4.78 is 27.0. The Morgan fingerprint density at radius 2 is 2.00 bits per heavy atom. The number of piperidine rings is 1. The van der Waals surface area contributed by atoms with E-state index in [0.29, 0.717) is 44.6 Å². The lowest BCUT2D eigenvalue weighted by Crippen LogP contribution is -2.44. The molecule has 0 bridgehead atoms. The van der Waals surface area contributed by atoms with E-state index >= 15 is 0 Å². The van der Waals surface area contributed by atoms with Crippen molar-refractivity contribution < 1.29 is 18.4 Å². The van der Waals surface area contributed by atoms with E-state index in [1.807, 2.05) is 0 Å². The topological polar surface area (TPSA) is 92.1 Å². The van der Waals surface area contributed by atoms with Crippen LogP contribution in [0.2, 0.25) is 0 Å². The maximum Gasteiger partial charge on any atom is 0.266 e. The molecule has 1 unspecified atom stereocenters. The average Bonchev–Trinajstić information content (AvgIpc) is 3.03. The zero-order valence-electron chi connectivity index (χ0n) is 13.4. The molecule has 6 nitrogen and oxygen atoms in total. The van der Waals surface area contributed by atoms with Gasteiger partial charge in [-0.2, -0.15) is 0 Å². The van der Waals surface area contributed by atoms with Gasteiger partial charge in [0.25, 0.3) is 5.91 Å². The van der Waals surface area contributed by atoms with Gasteiger partial charge in [-0.25, -0.2) is 13.8 Å². The Kier molecular flexibility index (Phi) is 4.56. The van der Waals surface area contributed by atoms with Crippen LogP contribution in [-0.2, 0) is 4.79 Å². The summed E-state index contributed by atoms with van der Waals surface area (Å²) in [6, 6.07) is 0. The normalized spacial score (nSPS) is 24.8. The lowest BCUT2D eigenvalue weighted by molar-refractivity contribution is -0.143. The molecule has 2 fully saturated rings. The van der Waals surface area contributed by atoms with Crippen LogP contribution in [0.25, 0.3) is 0 Å². The van der Waals surface area contributed by atoms with E-state index in [-0.39, 0.29) is 30.4 Å². The highest BCUT2D eigenvalue weighted by Gasteiger charge is 2.41. The fourth-order valence-electron chi connectivity index (χ4n) is 3.68. The van der Waals surface area contributed by atoms with Gasteiger partial charge in [-0.3, -0.25) is 9.59 Å². The van der Waals surface area contributed by atoms with Gasteiger partial charge in [-0.05, 0) is 25.7 Å². The summed E-state index contributed by atoms with van der Waals surface area (Å²) in [5.41, 5.74) is 5.47. The van der Waals surface area contributed by atoms with Crippen LogP contribution in [0, 0.1) is 5.92 Å². The van der Waals surface area contributed by atoms with Crippen molar-refractivity contribution in [2.75, 3.05) is 13.1 Å². The monoisotopic (exact) mass is 340 g/mol. The summed E-state index contributed by atoms with van der Waals surface area (Å²) in [6.07, 6.45) is 3.32. The fourth-order valence-corrected chi connectivity index (χ4v) is 3.68. The van der Waals surface area contributed by atoms with Gasteiger partial charge in [0.05, 0.1) is 6.20 Å². The first-order chi connectivity index (χ1) is 11.4. The number of nitrogens with two attached hydrogens (primary N) is 1. The number of likely N-dealkylation sites (tertiary alicyclic amines) is 1. The number of hydrogen-bond acceptors (Lipinski definition) is 3. The smallest absolute Gasteiger partial charge is 0.266 e. The lowest BCUT2D eigenvalue weighted by atomic mass is 9.85. The summed E-state index contributed by atoms with van der Waals surface area (Å²) in [6.45, 7) is 1.05. The van der Waals surface area contributed by atoms with Gasteiger partial charge >= 0.3 is 0 Å². The fraction of sp³-hybridized carbons (Fsp3) is 0.688. The van der Waals surface area contributed by atoms with Crippen LogP contribution in [0.1, 0.15) is 60.8 Å². The predicted octanol–water partition coefficient (Wildman–Crippen LogP) is 2.04. The number of imidazole rings is 1. The number of alkyl halides is 2. The maximum atomic E-state index is 13.5. The van der Waals surface area contributed by atoms with Crippen molar-refractivity contribution in [3.05, 3.63) is 17.7 Å². The van der Waals surface area contributed by atoms with Gasteiger partial charge in [-0.15, -0.1) is 0 Å². The molecule has 1 saturated heterocycles. The van der Waals surface area contributed by atoms with Crippen molar-refractivity contribution in [3.63, 3.8) is 0 Å². The third-order valence-corrected chi connectivity index (χ3v) is 5.04. The minimum Gasteiger partial charge on any atom is -0.364 e. The molecule has 1 saturated carbocycles. The van der Waals surface area contributed by atoms with Crippen LogP contribution in [-0.4, -0.2) is 45.7 Å². The van der Waals surface area contributed by atoms with Gasteiger partial charge < -0.3 is 15.6 Å². The molecule has 1 aromatic heterocycles. The molecule has 1 aromatic rings. The van der Waals surface area contributed by atoms with Crippen LogP contribution < -0.4 is 5.73 Å². The molecule has 3 rings (SSSR count). The van der Waals surface area contributed by atoms with Gasteiger partial charge in [-0.1, -0.05) is 0 Å². The molecule has 24 heavy (non-hydrogen) atoms. The van der Waals surface area contributed by atoms with Gasteiger partial charge in [0.1, 0.15) is 11.5 Å². The second kappa shape index (κ2) is 6.49. The van der Waals surface area contributed by atoms with E-state index in [0.717, 1.165) is 0 Å². The van der Waals surface area contributed by atoms with E-state index in [1.165, 1.54) is 6.20 Å². The number of amides is 2. The highest BCUT2D eigenvalue weighted by atomic mass is 19.3. The Labute approximate surface area is 138 Å². The highest BCUT2D eigenvalue weighted by Crippen LogP contribution is 2.38. The highest BCUT2D eigenvalue weighted by molar-refractivity contribution is 5.90. The summed E-state index contributed by atoms with van der Waals surface area (Å²) >= 11 is 0. The maximum absolute atomic E-state index is 13.5. The largest absolute Gasteiger partial charge is 0.364 e. The first-order valence-corrected chi connectivity index (χ1v) is 8.37. The molecular formula is C16H22F2N4O2. The standard InChI is InChI=1S/C16H22F2N4O2/c17-16(18)5-1-2-11(8-16)15(24)22-6-3-10(4-7-22)14-20-9-12(21-14)13(19)23/h9-11H,1-8H2,(H2,19,23)(H,20,21). The molecular weight excluding hydrogens is 318 g/mol. The number of nitrogens with one attached hydrogen (secondary N) is 1. The van der Waals surface area contributed by atoms with E-state index in [1.54, 1.807) is 4.90 Å². The van der Waals surface area contributed by atoms with Crippen molar-refractivity contribution in [1.29, 1.82) is 0 Å². The molecule has 2 aliphatic rings. The van der Waals surface area contributed by atoms with E-state index < -0.39 is 17.7 Å². The first-order valence-electron chi connectivity index (χ1n) is 8.37. The van der Waals surface area contributed by atoms with Crippen LogP contribution in [0.15, 0.2) is 6.20 Å². The Bertz CT molecular complexity index is 623. The van der Waals surface area contributed by atoms with Crippen LogP contribution in [0.4, 0.5) is 8.78 Å². The number of aromatic amines is 1. The summed E-state index contributed by atoms with van der Waals surface area (Å²) in [5.74, 6) is -3.16. The Morgan fingerprint density at radius 3 is 2.58 bits per heavy atom. The van der Waals surface area contributed by atoms with E-state index in [9.17, 15) is 18.4 Å². The Hall–Kier alpha value is -1.99. The van der Waals surface area contributed by atoms with Crippen LogP contribution in [0.5, 0.6) is 0 Å². The second-order valence-electron chi connectivity index (χ2n) is 6.80. The number of carbonyl (C=O) groups is 2. The number of primary amides is 1. The molecule has 132 valence electrons. The summed E-state index contributed by atoms with van der Waals surface area (Å²) in [7, 11) is 0. The van der Waals surface area contributed by atoms with Crippen LogP contribution in [0.3, 0.4) is 0 Å². The number of halogens is 2. The van der Waals surface area contributed by atoms with Gasteiger partial charge in [0.15, 0.2) is 0 Å². The number of hydrogen-bond donors (Lipinski definition) is 2. The molecule has 8 heteroatoms. The van der Waals surface area contributed by atoms with Crippen molar-refractivity contribution >= 4 is 11.8 Å². The van der Waals surface area contributed by atoms with Crippen molar-refractivity contribution in [2.24, 2.45) is 11.7 Å². The van der Waals surface area contributed by atoms with Crippen molar-refractivity contribution in [2.45, 2.75) is 50.4 Å². The number of nitrogens with zero attached hydrogens (tertiary/aromatic N) is 2. The summed E-state index contributed by atoms with van der Waals surface area (Å²) in [4.78, 5) is 32.4. The lowest BCUT2D eigenvalue weighted by Gasteiger charge is -2.36. The Morgan fingerprint density at radius 1 is 1.29 bits per heavy atom. The van der Waals surface area contributed by atoms with Crippen molar-refractivity contribution in [1.82, 2.24) is 14.9 Å². The number of rotatable bonds is 3. The van der Waals surface area contributed by atoms with E-state index in [4.69, 9.17) is 5.73 Å². The molecule has 0 aromatic carbocycles. The minimum atomic E-state index is -2.71. The molecule has 3 N–H and O–H groups in total. The number of aromatic nitrogens is 2. The minimum absolute atomic E-state index is 0.112. The Balaban J connectivity index is 1.56. The molecule has 0 spiro atoms. The van der Waals surface area contributed by atoms with Gasteiger partial charge in [0, 0.05) is 37.8 Å². The molecule has 0 radical (unpaired) electrons. The number of carbonyl (C=O) groups excluding carboxylic acids is 2. The quantitative estimate of drug-likeness (QED) is 0.882.